The lowest BCUT2D eigenvalue weighted by Gasteiger charge is -2.22. The standard InChI is InChI=1S/C11H15N/c1-5-12-8-11(9(2)3)7-6-10(12)4/h5-9H,1,4H2,2-3H3. The van der Waals surface area contributed by atoms with Gasteiger partial charge in [0.1, 0.15) is 0 Å². The van der Waals surface area contributed by atoms with E-state index in [1.165, 1.54) is 5.57 Å². The van der Waals surface area contributed by atoms with E-state index in [4.69, 9.17) is 0 Å². The Morgan fingerprint density at radius 1 is 1.42 bits per heavy atom. The average Bonchev–Trinajstić information content (AvgIpc) is 2.05. The van der Waals surface area contributed by atoms with E-state index in [1.807, 2.05) is 11.0 Å². The van der Waals surface area contributed by atoms with Gasteiger partial charge in [-0.3, -0.25) is 0 Å². The van der Waals surface area contributed by atoms with Crippen LogP contribution in [0.4, 0.5) is 0 Å². The summed E-state index contributed by atoms with van der Waals surface area (Å²) < 4.78 is 0. The van der Waals surface area contributed by atoms with Crippen molar-refractivity contribution < 1.29 is 0 Å². The Balaban J connectivity index is 2.87. The third kappa shape index (κ3) is 1.67. The summed E-state index contributed by atoms with van der Waals surface area (Å²) in [5.41, 5.74) is 2.27. The van der Waals surface area contributed by atoms with E-state index in [0.29, 0.717) is 5.92 Å². The Bertz CT molecular complexity index is 256. The molecule has 12 heavy (non-hydrogen) atoms. The fourth-order valence-corrected chi connectivity index (χ4v) is 1.08. The first-order valence-electron chi connectivity index (χ1n) is 4.14. The third-order valence-corrected chi connectivity index (χ3v) is 1.95. The first-order valence-corrected chi connectivity index (χ1v) is 4.14. The van der Waals surface area contributed by atoms with Crippen LogP contribution in [-0.2, 0) is 0 Å². The minimum Gasteiger partial charge on any atom is -0.325 e. The maximum absolute atomic E-state index is 3.88. The molecule has 0 aromatic carbocycles. The molecule has 0 N–H and O–H groups in total. The maximum atomic E-state index is 3.88. The molecular weight excluding hydrogens is 146 g/mol. The van der Waals surface area contributed by atoms with Crippen LogP contribution in [0.3, 0.4) is 0 Å². The molecule has 0 aliphatic carbocycles. The highest BCUT2D eigenvalue weighted by molar-refractivity contribution is 5.34. The lowest BCUT2D eigenvalue weighted by Crippen LogP contribution is -2.11. The second kappa shape index (κ2) is 3.44. The first kappa shape index (κ1) is 8.85. The summed E-state index contributed by atoms with van der Waals surface area (Å²) in [6.07, 6.45) is 7.96. The van der Waals surface area contributed by atoms with E-state index in [9.17, 15) is 0 Å². The maximum Gasteiger partial charge on any atom is 0.0377 e. The van der Waals surface area contributed by atoms with Crippen LogP contribution in [0.1, 0.15) is 13.8 Å². The lowest BCUT2D eigenvalue weighted by molar-refractivity contribution is 0.622. The van der Waals surface area contributed by atoms with Crippen molar-refractivity contribution in [3.63, 3.8) is 0 Å². The fraction of sp³-hybridized carbons (Fsp3) is 0.273. The number of hydrogen-bond donors (Lipinski definition) is 0. The highest BCUT2D eigenvalue weighted by atomic mass is 15.1. The quantitative estimate of drug-likeness (QED) is 0.601. The molecule has 0 aromatic heterocycles. The Labute approximate surface area is 74.4 Å². The summed E-state index contributed by atoms with van der Waals surface area (Å²) in [7, 11) is 0. The topological polar surface area (TPSA) is 3.24 Å². The van der Waals surface area contributed by atoms with Crippen LogP contribution in [0, 0.1) is 5.92 Å². The summed E-state index contributed by atoms with van der Waals surface area (Å²) in [5.74, 6) is 0.553. The molecule has 0 spiro atoms. The van der Waals surface area contributed by atoms with E-state index >= 15 is 0 Å². The van der Waals surface area contributed by atoms with Gasteiger partial charge in [0.15, 0.2) is 0 Å². The summed E-state index contributed by atoms with van der Waals surface area (Å²) in [6, 6.07) is 0. The number of hydrogen-bond acceptors (Lipinski definition) is 1. The van der Waals surface area contributed by atoms with Crippen LogP contribution in [-0.4, -0.2) is 4.90 Å². The van der Waals surface area contributed by atoms with E-state index in [0.717, 1.165) is 5.70 Å². The molecule has 0 amide bonds. The van der Waals surface area contributed by atoms with Crippen LogP contribution in [0.2, 0.25) is 0 Å². The summed E-state index contributed by atoms with van der Waals surface area (Å²) in [4.78, 5) is 1.94. The number of allylic oxidation sites excluding steroid dienone is 3. The SMILES string of the molecule is C=CN1C=C(C(C)C)C=CC1=C. The molecule has 1 rings (SSSR count). The molecule has 64 valence electrons. The second-order valence-electron chi connectivity index (χ2n) is 3.20. The van der Waals surface area contributed by atoms with Gasteiger partial charge in [0.2, 0.25) is 0 Å². The first-order chi connectivity index (χ1) is 5.65. The molecule has 0 aromatic rings. The van der Waals surface area contributed by atoms with Crippen molar-refractivity contribution in [1.29, 1.82) is 0 Å². The molecule has 0 fully saturated rings. The zero-order valence-electron chi connectivity index (χ0n) is 7.75. The van der Waals surface area contributed by atoms with Crippen LogP contribution in [0.25, 0.3) is 0 Å². The van der Waals surface area contributed by atoms with Crippen molar-refractivity contribution >= 4 is 0 Å². The molecule has 1 heterocycles. The zero-order valence-corrected chi connectivity index (χ0v) is 7.75. The summed E-state index contributed by atoms with van der Waals surface area (Å²) in [6.45, 7) is 11.9. The highest BCUT2D eigenvalue weighted by Crippen LogP contribution is 2.20. The molecule has 1 aliphatic rings. The van der Waals surface area contributed by atoms with E-state index in [2.05, 4.69) is 39.3 Å². The normalized spacial score (nSPS) is 16.8. The number of rotatable bonds is 2. The smallest absolute Gasteiger partial charge is 0.0377 e. The molecule has 0 saturated heterocycles. The van der Waals surface area contributed by atoms with E-state index in [1.54, 1.807) is 6.20 Å². The molecule has 0 atom stereocenters. The largest absolute Gasteiger partial charge is 0.325 e. The summed E-state index contributed by atoms with van der Waals surface area (Å²) >= 11 is 0. The van der Waals surface area contributed by atoms with Gasteiger partial charge < -0.3 is 4.90 Å². The Morgan fingerprint density at radius 3 is 2.58 bits per heavy atom. The Kier molecular flexibility index (Phi) is 2.54. The fourth-order valence-electron chi connectivity index (χ4n) is 1.08. The lowest BCUT2D eigenvalue weighted by atomic mass is 10.0. The molecule has 0 radical (unpaired) electrons. The minimum atomic E-state index is 0.553. The monoisotopic (exact) mass is 161 g/mol. The molecule has 0 saturated carbocycles. The predicted molar refractivity (Wildman–Crippen MR) is 53.2 cm³/mol. The van der Waals surface area contributed by atoms with Crippen molar-refractivity contribution in [1.82, 2.24) is 4.90 Å². The molecule has 1 heteroatoms. The van der Waals surface area contributed by atoms with Gasteiger partial charge in [-0.1, -0.05) is 33.1 Å². The van der Waals surface area contributed by atoms with Crippen molar-refractivity contribution in [2.75, 3.05) is 0 Å². The van der Waals surface area contributed by atoms with Gasteiger partial charge in [-0.2, -0.15) is 0 Å². The van der Waals surface area contributed by atoms with Crippen molar-refractivity contribution in [3.05, 3.63) is 49.0 Å². The average molecular weight is 161 g/mol. The molecule has 1 aliphatic heterocycles. The third-order valence-electron chi connectivity index (χ3n) is 1.95. The highest BCUT2D eigenvalue weighted by Gasteiger charge is 2.07. The van der Waals surface area contributed by atoms with Crippen molar-refractivity contribution in [2.24, 2.45) is 5.92 Å². The van der Waals surface area contributed by atoms with Crippen LogP contribution >= 0.6 is 0 Å². The second-order valence-corrected chi connectivity index (χ2v) is 3.20. The van der Waals surface area contributed by atoms with Gasteiger partial charge in [-0.25, -0.2) is 0 Å². The van der Waals surface area contributed by atoms with Gasteiger partial charge in [0.25, 0.3) is 0 Å². The number of nitrogens with zero attached hydrogens (tertiary/aromatic N) is 1. The Morgan fingerprint density at radius 2 is 2.08 bits per heavy atom. The zero-order chi connectivity index (χ0) is 9.14. The minimum absolute atomic E-state index is 0.553. The van der Waals surface area contributed by atoms with Crippen LogP contribution in [0.15, 0.2) is 49.0 Å². The molecule has 1 nitrogen and oxygen atoms in total. The van der Waals surface area contributed by atoms with E-state index in [-0.39, 0.29) is 0 Å². The van der Waals surface area contributed by atoms with Crippen LogP contribution in [0.5, 0.6) is 0 Å². The van der Waals surface area contributed by atoms with Crippen LogP contribution < -0.4 is 0 Å². The predicted octanol–water partition coefficient (Wildman–Crippen LogP) is 3.06. The summed E-state index contributed by atoms with van der Waals surface area (Å²) in [5, 5.41) is 0. The van der Waals surface area contributed by atoms with Gasteiger partial charge in [-0.05, 0) is 17.6 Å². The molecular formula is C11H15N. The van der Waals surface area contributed by atoms with Gasteiger partial charge in [-0.15, -0.1) is 0 Å². The Hall–Kier alpha value is -1.24. The van der Waals surface area contributed by atoms with Crippen molar-refractivity contribution in [3.8, 4) is 0 Å². The van der Waals surface area contributed by atoms with Gasteiger partial charge in [0.05, 0.1) is 0 Å². The van der Waals surface area contributed by atoms with E-state index < -0.39 is 0 Å². The van der Waals surface area contributed by atoms with Gasteiger partial charge in [0, 0.05) is 18.1 Å². The van der Waals surface area contributed by atoms with Crippen molar-refractivity contribution in [2.45, 2.75) is 13.8 Å². The molecule has 0 unspecified atom stereocenters. The van der Waals surface area contributed by atoms with Gasteiger partial charge >= 0.3 is 0 Å². The molecule has 0 bridgehead atoms.